The van der Waals surface area contributed by atoms with Crippen molar-refractivity contribution in [2.75, 3.05) is 5.32 Å². The van der Waals surface area contributed by atoms with Crippen LogP contribution in [0.2, 0.25) is 5.02 Å². The summed E-state index contributed by atoms with van der Waals surface area (Å²) in [6.07, 6.45) is 3.80. The monoisotopic (exact) mass is 301 g/mol. The maximum atomic E-state index is 11.8. The van der Waals surface area contributed by atoms with Crippen molar-refractivity contribution in [3.05, 3.63) is 52.8 Å². The molecular formula is C16H16ClN3O. The van der Waals surface area contributed by atoms with Gasteiger partial charge in [0.15, 0.2) is 0 Å². The second-order valence-electron chi connectivity index (χ2n) is 5.26. The van der Waals surface area contributed by atoms with Crippen LogP contribution < -0.4 is 10.6 Å². The molecule has 0 radical (unpaired) electrons. The number of nitrogens with zero attached hydrogens (tertiary/aromatic N) is 1. The van der Waals surface area contributed by atoms with Gasteiger partial charge in [0.1, 0.15) is 5.69 Å². The van der Waals surface area contributed by atoms with Gasteiger partial charge in [0.25, 0.3) is 5.91 Å². The van der Waals surface area contributed by atoms with Crippen LogP contribution in [0.3, 0.4) is 0 Å². The molecule has 1 fully saturated rings. The Hall–Kier alpha value is -2.07. The molecule has 3 rings (SSSR count). The number of anilines is 2. The predicted octanol–water partition coefficient (Wildman–Crippen LogP) is 3.68. The van der Waals surface area contributed by atoms with Crippen LogP contribution in [-0.2, 0) is 0 Å². The van der Waals surface area contributed by atoms with Crippen molar-refractivity contribution in [3.63, 3.8) is 0 Å². The third-order valence-corrected chi connectivity index (χ3v) is 3.61. The van der Waals surface area contributed by atoms with Crippen LogP contribution in [0.4, 0.5) is 11.4 Å². The molecule has 1 aromatic heterocycles. The molecule has 0 saturated heterocycles. The normalized spacial score (nSPS) is 13.8. The van der Waals surface area contributed by atoms with E-state index >= 15 is 0 Å². The molecule has 4 nitrogen and oxygen atoms in total. The van der Waals surface area contributed by atoms with E-state index in [2.05, 4.69) is 15.6 Å². The number of nitrogens with one attached hydrogen (secondary N) is 2. The lowest BCUT2D eigenvalue weighted by atomic mass is 10.2. The molecule has 2 aromatic rings. The molecule has 0 unspecified atom stereocenters. The van der Waals surface area contributed by atoms with E-state index in [1.165, 1.54) is 0 Å². The molecule has 1 aliphatic rings. The zero-order valence-electron chi connectivity index (χ0n) is 11.7. The molecule has 108 valence electrons. The molecule has 5 heteroatoms. The average Bonchev–Trinajstić information content (AvgIpc) is 3.26. The van der Waals surface area contributed by atoms with Crippen LogP contribution in [-0.4, -0.2) is 16.9 Å². The Kier molecular flexibility index (Phi) is 3.80. The molecule has 2 N–H and O–H groups in total. The predicted molar refractivity (Wildman–Crippen MR) is 84.2 cm³/mol. The summed E-state index contributed by atoms with van der Waals surface area (Å²) in [6.45, 7) is 1.99. The van der Waals surface area contributed by atoms with E-state index in [0.29, 0.717) is 16.8 Å². The molecule has 1 aliphatic carbocycles. The summed E-state index contributed by atoms with van der Waals surface area (Å²) in [5.74, 6) is -0.105. The van der Waals surface area contributed by atoms with Crippen LogP contribution in [0.15, 0.2) is 36.5 Å². The van der Waals surface area contributed by atoms with Crippen LogP contribution in [0.5, 0.6) is 0 Å². The van der Waals surface area contributed by atoms with Gasteiger partial charge < -0.3 is 10.6 Å². The quantitative estimate of drug-likeness (QED) is 0.906. The van der Waals surface area contributed by atoms with E-state index in [-0.39, 0.29) is 5.91 Å². The Morgan fingerprint density at radius 3 is 2.71 bits per heavy atom. The first-order valence-corrected chi connectivity index (χ1v) is 7.30. The highest BCUT2D eigenvalue weighted by Crippen LogP contribution is 2.23. The van der Waals surface area contributed by atoms with Crippen molar-refractivity contribution < 1.29 is 4.79 Å². The second-order valence-corrected chi connectivity index (χ2v) is 5.70. The Bertz CT molecular complexity index is 666. The van der Waals surface area contributed by atoms with Gasteiger partial charge in [-0.15, -0.1) is 0 Å². The maximum absolute atomic E-state index is 11.8. The van der Waals surface area contributed by atoms with Gasteiger partial charge in [0.05, 0.1) is 11.9 Å². The Labute approximate surface area is 128 Å². The van der Waals surface area contributed by atoms with Crippen molar-refractivity contribution in [3.8, 4) is 0 Å². The van der Waals surface area contributed by atoms with Gasteiger partial charge >= 0.3 is 0 Å². The van der Waals surface area contributed by atoms with Crippen LogP contribution in [0.25, 0.3) is 0 Å². The first-order valence-electron chi connectivity index (χ1n) is 6.92. The van der Waals surface area contributed by atoms with Crippen molar-refractivity contribution >= 4 is 28.9 Å². The number of amides is 1. The highest BCUT2D eigenvalue weighted by atomic mass is 35.5. The number of aromatic nitrogens is 1. The highest BCUT2D eigenvalue weighted by molar-refractivity contribution is 6.30. The Balaban J connectivity index is 1.70. The minimum atomic E-state index is -0.105. The molecule has 0 bridgehead atoms. The van der Waals surface area contributed by atoms with Gasteiger partial charge in [-0.05, 0) is 55.7 Å². The number of pyridine rings is 1. The zero-order valence-corrected chi connectivity index (χ0v) is 12.4. The average molecular weight is 302 g/mol. The van der Waals surface area contributed by atoms with Crippen LogP contribution >= 0.6 is 11.6 Å². The summed E-state index contributed by atoms with van der Waals surface area (Å²) >= 11 is 5.94. The number of carbonyl (C=O) groups is 1. The standard InChI is InChI=1S/C16H16ClN3O/c1-10-8-11(17)2-6-14(10)19-13-5-7-15(18-9-13)16(21)20-12-3-4-12/h2,5-9,12,19H,3-4H2,1H3,(H,20,21). The Morgan fingerprint density at radius 2 is 2.10 bits per heavy atom. The Morgan fingerprint density at radius 1 is 1.29 bits per heavy atom. The lowest BCUT2D eigenvalue weighted by Crippen LogP contribution is -2.26. The van der Waals surface area contributed by atoms with E-state index < -0.39 is 0 Å². The number of carbonyl (C=O) groups excluding carboxylic acids is 1. The smallest absolute Gasteiger partial charge is 0.270 e. The topological polar surface area (TPSA) is 54.0 Å². The maximum Gasteiger partial charge on any atom is 0.270 e. The second kappa shape index (κ2) is 5.74. The summed E-state index contributed by atoms with van der Waals surface area (Å²) in [6, 6.07) is 9.57. The zero-order chi connectivity index (χ0) is 14.8. The number of hydrogen-bond acceptors (Lipinski definition) is 3. The van der Waals surface area contributed by atoms with Gasteiger partial charge in [-0.1, -0.05) is 11.6 Å². The molecule has 0 aliphatic heterocycles. The fraction of sp³-hybridized carbons (Fsp3) is 0.250. The number of benzene rings is 1. The SMILES string of the molecule is Cc1cc(Cl)ccc1Nc1ccc(C(=O)NC2CC2)nc1. The molecule has 0 atom stereocenters. The van der Waals surface area contributed by atoms with Crippen LogP contribution in [0, 0.1) is 6.92 Å². The van der Waals surface area contributed by atoms with E-state index in [4.69, 9.17) is 11.6 Å². The van der Waals surface area contributed by atoms with Gasteiger partial charge in [0, 0.05) is 16.8 Å². The summed E-state index contributed by atoms with van der Waals surface area (Å²) < 4.78 is 0. The third-order valence-electron chi connectivity index (χ3n) is 3.38. The number of hydrogen-bond donors (Lipinski definition) is 2. The molecule has 0 spiro atoms. The highest BCUT2D eigenvalue weighted by Gasteiger charge is 2.24. The van der Waals surface area contributed by atoms with Gasteiger partial charge in [-0.3, -0.25) is 4.79 Å². The molecule has 1 saturated carbocycles. The van der Waals surface area contributed by atoms with E-state index in [9.17, 15) is 4.79 Å². The number of rotatable bonds is 4. The molecular weight excluding hydrogens is 286 g/mol. The van der Waals surface area contributed by atoms with Gasteiger partial charge in [0.2, 0.25) is 0 Å². The molecule has 1 heterocycles. The molecule has 21 heavy (non-hydrogen) atoms. The van der Waals surface area contributed by atoms with E-state index in [0.717, 1.165) is 29.8 Å². The van der Waals surface area contributed by atoms with Gasteiger partial charge in [-0.25, -0.2) is 4.98 Å². The van der Waals surface area contributed by atoms with Crippen molar-refractivity contribution in [2.24, 2.45) is 0 Å². The van der Waals surface area contributed by atoms with E-state index in [1.54, 1.807) is 12.3 Å². The minimum absolute atomic E-state index is 0.105. The fourth-order valence-corrected chi connectivity index (χ4v) is 2.24. The lowest BCUT2D eigenvalue weighted by molar-refractivity contribution is 0.0946. The first kappa shape index (κ1) is 13.9. The third kappa shape index (κ3) is 3.52. The first-order chi connectivity index (χ1) is 10.1. The fourth-order valence-electron chi connectivity index (χ4n) is 2.01. The minimum Gasteiger partial charge on any atom is -0.354 e. The summed E-state index contributed by atoms with van der Waals surface area (Å²) in [7, 11) is 0. The van der Waals surface area contributed by atoms with Crippen molar-refractivity contribution in [2.45, 2.75) is 25.8 Å². The van der Waals surface area contributed by atoms with Gasteiger partial charge in [-0.2, -0.15) is 0 Å². The molecule has 1 amide bonds. The molecule has 1 aromatic carbocycles. The number of halogens is 1. The van der Waals surface area contributed by atoms with E-state index in [1.807, 2.05) is 31.2 Å². The largest absolute Gasteiger partial charge is 0.354 e. The number of aryl methyl sites for hydroxylation is 1. The lowest BCUT2D eigenvalue weighted by Gasteiger charge is -2.10. The summed E-state index contributed by atoms with van der Waals surface area (Å²) in [5.41, 5.74) is 3.30. The van der Waals surface area contributed by atoms with Crippen molar-refractivity contribution in [1.82, 2.24) is 10.3 Å². The van der Waals surface area contributed by atoms with Crippen LogP contribution in [0.1, 0.15) is 28.9 Å². The van der Waals surface area contributed by atoms with Crippen molar-refractivity contribution in [1.29, 1.82) is 0 Å². The summed E-state index contributed by atoms with van der Waals surface area (Å²) in [4.78, 5) is 16.0. The summed E-state index contributed by atoms with van der Waals surface area (Å²) in [5, 5.41) is 6.90.